The summed E-state index contributed by atoms with van der Waals surface area (Å²) in [4.78, 5) is 23.1. The molecule has 104 valence electrons. The summed E-state index contributed by atoms with van der Waals surface area (Å²) >= 11 is 0. The van der Waals surface area contributed by atoms with Crippen molar-refractivity contribution < 1.29 is 19.1 Å². The van der Waals surface area contributed by atoms with Crippen LogP contribution in [-0.2, 0) is 4.79 Å². The summed E-state index contributed by atoms with van der Waals surface area (Å²) in [5, 5.41) is 12.6. The molecule has 1 heterocycles. The van der Waals surface area contributed by atoms with Crippen molar-refractivity contribution in [2.75, 3.05) is 0 Å². The second-order valence-corrected chi connectivity index (χ2v) is 5.16. The fourth-order valence-corrected chi connectivity index (χ4v) is 2.75. The number of carbonyl (C=O) groups excluding carboxylic acids is 1. The highest BCUT2D eigenvalue weighted by molar-refractivity contribution is 6.06. The highest BCUT2D eigenvalue weighted by atomic mass is 16.4. The van der Waals surface area contributed by atoms with Crippen molar-refractivity contribution in [1.29, 1.82) is 0 Å². The van der Waals surface area contributed by atoms with Gasteiger partial charge in [0, 0.05) is 11.4 Å². The molecule has 2 aromatic rings. The average molecular weight is 273 g/mol. The smallest absolute Gasteiger partial charge is 0.306 e. The predicted octanol–water partition coefficient (Wildman–Crippen LogP) is 2.42. The third-order valence-electron chi connectivity index (χ3n) is 3.84. The average Bonchev–Trinajstić information content (AvgIpc) is 3.04. The van der Waals surface area contributed by atoms with Crippen molar-refractivity contribution in [1.82, 2.24) is 5.32 Å². The highest BCUT2D eigenvalue weighted by Gasteiger charge is 2.31. The molecule has 2 N–H and O–H groups in total. The van der Waals surface area contributed by atoms with Crippen LogP contribution in [0.1, 0.15) is 29.6 Å². The van der Waals surface area contributed by atoms with Crippen molar-refractivity contribution in [3.63, 3.8) is 0 Å². The SMILES string of the molecule is O=C(N[C@@H]1CC[C@H](C(=O)O)C1)c1coc2ccccc12. The van der Waals surface area contributed by atoms with Crippen LogP contribution in [0.2, 0.25) is 0 Å². The Balaban J connectivity index is 1.73. The van der Waals surface area contributed by atoms with Gasteiger partial charge in [0.1, 0.15) is 11.8 Å². The molecule has 1 saturated carbocycles. The van der Waals surface area contributed by atoms with Gasteiger partial charge in [-0.2, -0.15) is 0 Å². The lowest BCUT2D eigenvalue weighted by Gasteiger charge is -2.11. The van der Waals surface area contributed by atoms with Gasteiger partial charge in [0.2, 0.25) is 0 Å². The van der Waals surface area contributed by atoms with Gasteiger partial charge in [0.25, 0.3) is 5.91 Å². The molecule has 0 saturated heterocycles. The van der Waals surface area contributed by atoms with Crippen LogP contribution in [0.15, 0.2) is 34.9 Å². The number of para-hydroxylation sites is 1. The Morgan fingerprint density at radius 2 is 2.05 bits per heavy atom. The lowest BCUT2D eigenvalue weighted by atomic mass is 10.1. The van der Waals surface area contributed by atoms with Gasteiger partial charge in [0.05, 0.1) is 11.5 Å². The van der Waals surface area contributed by atoms with Crippen molar-refractivity contribution in [3.05, 3.63) is 36.1 Å². The number of furan rings is 1. The van der Waals surface area contributed by atoms with Crippen molar-refractivity contribution in [2.24, 2.45) is 5.92 Å². The Hall–Kier alpha value is -2.30. The monoisotopic (exact) mass is 273 g/mol. The topological polar surface area (TPSA) is 79.5 Å². The van der Waals surface area contributed by atoms with E-state index in [4.69, 9.17) is 9.52 Å². The van der Waals surface area contributed by atoms with Crippen LogP contribution >= 0.6 is 0 Å². The van der Waals surface area contributed by atoms with Crippen LogP contribution < -0.4 is 5.32 Å². The fourth-order valence-electron chi connectivity index (χ4n) is 2.75. The van der Waals surface area contributed by atoms with E-state index in [0.717, 1.165) is 5.39 Å². The van der Waals surface area contributed by atoms with Crippen molar-refractivity contribution in [3.8, 4) is 0 Å². The van der Waals surface area contributed by atoms with Gasteiger partial charge < -0.3 is 14.8 Å². The zero-order chi connectivity index (χ0) is 14.1. The maximum atomic E-state index is 12.2. The minimum Gasteiger partial charge on any atom is -0.481 e. The van der Waals surface area contributed by atoms with E-state index >= 15 is 0 Å². The Labute approximate surface area is 115 Å². The number of hydrogen-bond acceptors (Lipinski definition) is 3. The highest BCUT2D eigenvalue weighted by Crippen LogP contribution is 2.27. The molecule has 0 bridgehead atoms. The Morgan fingerprint density at radius 3 is 2.80 bits per heavy atom. The normalized spacial score (nSPS) is 22.0. The molecule has 1 fully saturated rings. The maximum absolute atomic E-state index is 12.2. The van der Waals surface area contributed by atoms with Crippen LogP contribution in [0.4, 0.5) is 0 Å². The zero-order valence-corrected chi connectivity index (χ0v) is 10.8. The first-order chi connectivity index (χ1) is 9.65. The van der Waals surface area contributed by atoms with E-state index in [1.165, 1.54) is 6.26 Å². The molecular formula is C15H15NO4. The molecule has 0 radical (unpaired) electrons. The van der Waals surface area contributed by atoms with Gasteiger partial charge in [-0.15, -0.1) is 0 Å². The van der Waals surface area contributed by atoms with Gasteiger partial charge in [-0.05, 0) is 25.3 Å². The maximum Gasteiger partial charge on any atom is 0.306 e. The molecule has 3 rings (SSSR count). The first-order valence-corrected chi connectivity index (χ1v) is 6.65. The summed E-state index contributed by atoms with van der Waals surface area (Å²) < 4.78 is 5.34. The van der Waals surface area contributed by atoms with Crippen LogP contribution in [0.25, 0.3) is 11.0 Å². The number of carbonyl (C=O) groups is 2. The molecule has 20 heavy (non-hydrogen) atoms. The van der Waals surface area contributed by atoms with Crippen LogP contribution in [0.3, 0.4) is 0 Å². The van der Waals surface area contributed by atoms with E-state index in [2.05, 4.69) is 5.32 Å². The molecule has 1 aliphatic rings. The lowest BCUT2D eigenvalue weighted by molar-refractivity contribution is -0.141. The number of hydrogen-bond donors (Lipinski definition) is 2. The zero-order valence-electron chi connectivity index (χ0n) is 10.8. The largest absolute Gasteiger partial charge is 0.481 e. The van der Waals surface area contributed by atoms with E-state index in [-0.39, 0.29) is 17.9 Å². The Morgan fingerprint density at radius 1 is 1.25 bits per heavy atom. The third-order valence-corrected chi connectivity index (χ3v) is 3.84. The number of rotatable bonds is 3. The first kappa shape index (κ1) is 12.7. The number of aliphatic carboxylic acids is 1. The summed E-state index contributed by atoms with van der Waals surface area (Å²) in [5.41, 5.74) is 1.17. The van der Waals surface area contributed by atoms with Gasteiger partial charge in [-0.1, -0.05) is 18.2 Å². The summed E-state index contributed by atoms with van der Waals surface area (Å²) in [6.45, 7) is 0. The number of fused-ring (bicyclic) bond motifs is 1. The van der Waals surface area contributed by atoms with E-state index < -0.39 is 5.97 Å². The van der Waals surface area contributed by atoms with E-state index in [0.29, 0.717) is 30.4 Å². The molecule has 5 heteroatoms. The van der Waals surface area contributed by atoms with E-state index in [1.807, 2.05) is 24.3 Å². The molecule has 5 nitrogen and oxygen atoms in total. The number of carboxylic acids is 1. The van der Waals surface area contributed by atoms with Crippen molar-refractivity contribution in [2.45, 2.75) is 25.3 Å². The van der Waals surface area contributed by atoms with Gasteiger partial charge >= 0.3 is 5.97 Å². The molecule has 1 aromatic carbocycles. The van der Waals surface area contributed by atoms with Crippen LogP contribution in [0, 0.1) is 5.92 Å². The molecule has 2 atom stereocenters. The standard InChI is InChI=1S/C15H15NO4/c17-14(16-10-6-5-9(7-10)15(18)19)12-8-20-13-4-2-1-3-11(12)13/h1-4,8-10H,5-7H2,(H,16,17)(H,18,19)/t9-,10+/m0/s1. The molecule has 1 aromatic heterocycles. The van der Waals surface area contributed by atoms with Gasteiger partial charge in [0.15, 0.2) is 0 Å². The Bertz CT molecular complexity index is 661. The summed E-state index contributed by atoms with van der Waals surface area (Å²) in [6.07, 6.45) is 3.27. The number of nitrogens with one attached hydrogen (secondary N) is 1. The molecule has 0 spiro atoms. The first-order valence-electron chi connectivity index (χ1n) is 6.65. The van der Waals surface area contributed by atoms with Gasteiger partial charge in [-0.3, -0.25) is 9.59 Å². The Kier molecular flexibility index (Phi) is 3.18. The molecule has 1 amide bonds. The number of amides is 1. The molecule has 1 aliphatic carbocycles. The van der Waals surface area contributed by atoms with E-state index in [1.54, 1.807) is 0 Å². The number of carboxylic acid groups (broad SMARTS) is 1. The summed E-state index contributed by atoms with van der Waals surface area (Å²) in [6, 6.07) is 7.27. The quantitative estimate of drug-likeness (QED) is 0.900. The lowest BCUT2D eigenvalue weighted by Crippen LogP contribution is -2.33. The number of benzene rings is 1. The summed E-state index contributed by atoms with van der Waals surface area (Å²) in [5.74, 6) is -1.33. The molecule has 0 unspecified atom stereocenters. The van der Waals surface area contributed by atoms with Crippen molar-refractivity contribution >= 4 is 22.8 Å². The van der Waals surface area contributed by atoms with Gasteiger partial charge in [-0.25, -0.2) is 0 Å². The fraction of sp³-hybridized carbons (Fsp3) is 0.333. The third kappa shape index (κ3) is 2.27. The molecule has 0 aliphatic heterocycles. The van der Waals surface area contributed by atoms with E-state index in [9.17, 15) is 9.59 Å². The summed E-state index contributed by atoms with van der Waals surface area (Å²) in [7, 11) is 0. The molecular weight excluding hydrogens is 258 g/mol. The minimum atomic E-state index is -0.782. The minimum absolute atomic E-state index is 0.0720. The second-order valence-electron chi connectivity index (χ2n) is 5.16. The van der Waals surface area contributed by atoms with Crippen LogP contribution in [-0.4, -0.2) is 23.0 Å². The van der Waals surface area contributed by atoms with Crippen LogP contribution in [0.5, 0.6) is 0 Å². The predicted molar refractivity (Wildman–Crippen MR) is 72.4 cm³/mol. The second kappa shape index (κ2) is 5.00.